The van der Waals surface area contributed by atoms with Crippen molar-refractivity contribution in [1.82, 2.24) is 0 Å². The molecule has 0 saturated heterocycles. The van der Waals surface area contributed by atoms with Crippen molar-refractivity contribution in [3.8, 4) is 66.8 Å². The second-order valence-corrected chi connectivity index (χ2v) is 40.5. The normalized spacial score (nSPS) is 13.8. The highest BCUT2D eigenvalue weighted by molar-refractivity contribution is 6.49. The second kappa shape index (κ2) is 22.0. The molecule has 17 aromatic carbocycles. The van der Waals surface area contributed by atoms with Crippen molar-refractivity contribution in [2.24, 2.45) is 0 Å². The van der Waals surface area contributed by atoms with E-state index >= 15 is 0 Å². The van der Waals surface area contributed by atoms with Crippen molar-refractivity contribution >= 4 is 118 Å². The lowest BCUT2D eigenvalue weighted by molar-refractivity contribution is 0.568. The van der Waals surface area contributed by atoms with Gasteiger partial charge in [0.05, 0.1) is 0 Å². The summed E-state index contributed by atoms with van der Waals surface area (Å²) in [6, 6.07) is 79.5. The van der Waals surface area contributed by atoms with Crippen LogP contribution in [0.1, 0.15) is 211 Å². The monoisotopic (exact) mass is 1380 g/mol. The molecule has 17 aromatic rings. The van der Waals surface area contributed by atoms with Crippen molar-refractivity contribution in [1.29, 1.82) is 0 Å². The zero-order valence-corrected chi connectivity index (χ0v) is 67.5. The molecular weight excluding hydrogens is 1270 g/mol. The van der Waals surface area contributed by atoms with Crippen molar-refractivity contribution in [3.05, 3.63) is 239 Å². The Labute approximate surface area is 629 Å². The molecule has 0 saturated carbocycles. The zero-order valence-electron chi connectivity index (χ0n) is 67.5. The van der Waals surface area contributed by atoms with Gasteiger partial charge in [-0.15, -0.1) is 0 Å². The first-order valence-electron chi connectivity index (χ1n) is 39.3. The van der Waals surface area contributed by atoms with Gasteiger partial charge in [0.2, 0.25) is 0 Å². The first kappa shape index (κ1) is 68.2. The molecule has 0 aromatic heterocycles. The molecule has 0 unspecified atom stereocenters. The molecule has 528 valence electrons. The molecule has 106 heavy (non-hydrogen) atoms. The van der Waals surface area contributed by atoms with Crippen LogP contribution in [0.5, 0.6) is 0 Å². The van der Waals surface area contributed by atoms with E-state index in [1.54, 1.807) is 0 Å². The van der Waals surface area contributed by atoms with Crippen LogP contribution in [0, 0.1) is 0 Å². The minimum atomic E-state index is -0.115. The molecule has 0 aliphatic heterocycles. The number of benzene rings is 15. The molecule has 1 aliphatic carbocycles. The van der Waals surface area contributed by atoms with E-state index < -0.39 is 0 Å². The maximum atomic E-state index is 2.65. The predicted molar refractivity (Wildman–Crippen MR) is 468 cm³/mol. The van der Waals surface area contributed by atoms with Crippen LogP contribution in [0.15, 0.2) is 194 Å². The molecule has 0 fully saturated rings. The summed E-state index contributed by atoms with van der Waals surface area (Å²) < 4.78 is 0. The van der Waals surface area contributed by atoms with Gasteiger partial charge in [-0.3, -0.25) is 0 Å². The molecule has 0 spiro atoms. The minimum absolute atomic E-state index is 0.0782. The lowest BCUT2D eigenvalue weighted by atomic mass is 9.75. The largest absolute Gasteiger partial charge is 0.0616 e. The smallest absolute Gasteiger partial charge is 0.000718 e. The SMILES string of the molecule is CC(C)(C)c1cc(-c2c3c(c(-c4cc(C(C)(C)C)cc(C(C)(C)C)c4)c4ccccc24)-c2ccc4c5ccc6c7c(-c8cc(C(C)(C)C)cc(C(C)(C)C)c8)c8c(cc9c%10ccccc%10c%10cccc8c%109)c(-c8cc(C(C)(C)C)cc(C(C)(C)C)c8)c7c7ccc(c8ccc-3c2c84)c5c76)cc(C(C)(C)C)c1. The van der Waals surface area contributed by atoms with Crippen LogP contribution in [0.25, 0.3) is 185 Å². The number of hydrogen-bond donors (Lipinski definition) is 0. The first-order valence-corrected chi connectivity index (χ1v) is 39.3. The van der Waals surface area contributed by atoms with Crippen molar-refractivity contribution < 1.29 is 0 Å². The van der Waals surface area contributed by atoms with E-state index in [9.17, 15) is 0 Å². The fourth-order valence-electron chi connectivity index (χ4n) is 18.8. The zero-order chi connectivity index (χ0) is 74.9. The molecule has 0 bridgehead atoms. The van der Waals surface area contributed by atoms with Gasteiger partial charge in [0.25, 0.3) is 0 Å². The maximum Gasteiger partial charge on any atom is -0.000718 e. The number of rotatable bonds is 4. The fraction of sp³-hybridized carbons (Fsp3) is 0.302. The van der Waals surface area contributed by atoms with Gasteiger partial charge in [0.15, 0.2) is 0 Å². The summed E-state index contributed by atoms with van der Waals surface area (Å²) >= 11 is 0. The molecule has 0 nitrogen and oxygen atoms in total. The van der Waals surface area contributed by atoms with Crippen molar-refractivity contribution in [2.45, 2.75) is 209 Å². The van der Waals surface area contributed by atoms with Gasteiger partial charge >= 0.3 is 0 Å². The molecule has 0 heterocycles. The molecular formula is C106H104. The molecule has 18 rings (SSSR count). The third-order valence-corrected chi connectivity index (χ3v) is 24.9. The molecule has 0 radical (unpaired) electrons. The van der Waals surface area contributed by atoms with E-state index in [1.807, 2.05) is 0 Å². The Morgan fingerprint density at radius 3 is 0.764 bits per heavy atom. The van der Waals surface area contributed by atoms with Crippen molar-refractivity contribution in [2.75, 3.05) is 0 Å². The Kier molecular flexibility index (Phi) is 14.2. The molecule has 0 atom stereocenters. The topological polar surface area (TPSA) is 0 Å². The quantitative estimate of drug-likeness (QED) is 0.122. The van der Waals surface area contributed by atoms with Crippen LogP contribution >= 0.6 is 0 Å². The number of hydrogen-bond acceptors (Lipinski definition) is 0. The van der Waals surface area contributed by atoms with Crippen LogP contribution < -0.4 is 0 Å². The molecule has 1 aliphatic rings. The molecule has 0 heteroatoms. The van der Waals surface area contributed by atoms with E-state index in [0.29, 0.717) is 0 Å². The standard InChI is InChI=1S/C106H104/c1-99(2,3)61-44-57(45-62(52-61)100(4,5)6)85-72-32-27-28-33-73(72)86(58-46-63(101(7,8)9)53-64(47-58)102(10,11)12)96-80-41-37-75-77-39-43-82-93-81(42-38-76(91(77)93)74-36-40-79(95(85)96)92(80)90(74)75)97-87(59-48-65(103(13,14)15)54-66(49-59)104(16,17)18)84-56-83-70-31-26-25-30-69(70)71-34-29-35-78(89(71)83)94(84)88(98(82)97)60-50-67(105(19,20)21)55-68(51-60)106(22,23)24/h25-56H,1-24H3. The minimum Gasteiger partial charge on any atom is -0.0616 e. The van der Waals surface area contributed by atoms with Gasteiger partial charge in [0, 0.05) is 0 Å². The van der Waals surface area contributed by atoms with E-state index in [2.05, 4.69) is 360 Å². The Bertz CT molecular complexity index is 6340. The average molecular weight is 1380 g/mol. The highest BCUT2D eigenvalue weighted by Gasteiger charge is 2.37. The fourth-order valence-corrected chi connectivity index (χ4v) is 18.8. The lowest BCUT2D eigenvalue weighted by Crippen LogP contribution is -2.17. The second-order valence-electron chi connectivity index (χ2n) is 40.5. The molecule has 0 amide bonds. The van der Waals surface area contributed by atoms with Gasteiger partial charge in [-0.1, -0.05) is 354 Å². The Morgan fingerprint density at radius 2 is 0.396 bits per heavy atom. The highest BCUT2D eigenvalue weighted by Crippen LogP contribution is 2.63. The van der Waals surface area contributed by atoms with Gasteiger partial charge in [-0.25, -0.2) is 0 Å². The third kappa shape index (κ3) is 10.0. The summed E-state index contributed by atoms with van der Waals surface area (Å²) in [4.78, 5) is 0. The van der Waals surface area contributed by atoms with E-state index in [-0.39, 0.29) is 43.3 Å². The summed E-state index contributed by atoms with van der Waals surface area (Å²) in [5.74, 6) is 0. The van der Waals surface area contributed by atoms with Crippen molar-refractivity contribution in [3.63, 3.8) is 0 Å². The van der Waals surface area contributed by atoms with Gasteiger partial charge in [0.1, 0.15) is 0 Å². The maximum absolute atomic E-state index is 2.65. The first-order chi connectivity index (χ1) is 49.6. The van der Waals surface area contributed by atoms with Crippen LogP contribution in [0.4, 0.5) is 0 Å². The molecule has 0 N–H and O–H groups in total. The van der Waals surface area contributed by atoms with E-state index in [0.717, 1.165) is 0 Å². The Hall–Kier alpha value is -9.62. The number of fused-ring (bicyclic) bond motifs is 14. The van der Waals surface area contributed by atoms with Crippen LogP contribution in [0.2, 0.25) is 0 Å². The Balaban J connectivity index is 1.03. The predicted octanol–water partition coefficient (Wildman–Crippen LogP) is 31.4. The van der Waals surface area contributed by atoms with Crippen LogP contribution in [-0.4, -0.2) is 0 Å². The van der Waals surface area contributed by atoms with Crippen LogP contribution in [0.3, 0.4) is 0 Å². The Morgan fingerprint density at radius 1 is 0.142 bits per heavy atom. The van der Waals surface area contributed by atoms with E-state index in [4.69, 9.17) is 0 Å². The summed E-state index contributed by atoms with van der Waals surface area (Å²) in [7, 11) is 0. The third-order valence-electron chi connectivity index (χ3n) is 24.9. The van der Waals surface area contributed by atoms with Crippen LogP contribution in [-0.2, 0) is 43.3 Å². The summed E-state index contributed by atoms with van der Waals surface area (Å²) in [5.41, 5.74) is 25.9. The lowest BCUT2D eigenvalue weighted by Gasteiger charge is -2.29. The summed E-state index contributed by atoms with van der Waals surface area (Å²) in [6.45, 7) is 57.4. The van der Waals surface area contributed by atoms with Gasteiger partial charge in [-0.2, -0.15) is 0 Å². The van der Waals surface area contributed by atoms with E-state index in [1.165, 1.54) is 230 Å². The average Bonchev–Trinajstić information content (AvgIpc) is 1.49. The highest BCUT2D eigenvalue weighted by atomic mass is 14.4. The summed E-state index contributed by atoms with van der Waals surface area (Å²) in [5, 5.41) is 29.2. The van der Waals surface area contributed by atoms with Gasteiger partial charge < -0.3 is 0 Å². The summed E-state index contributed by atoms with van der Waals surface area (Å²) in [6.07, 6.45) is 0. The van der Waals surface area contributed by atoms with Gasteiger partial charge in [-0.05, 0) is 279 Å².